The smallest absolute Gasteiger partial charge is 0.252 e. The lowest BCUT2D eigenvalue weighted by Gasteiger charge is -2.46. The van der Waals surface area contributed by atoms with Gasteiger partial charge < -0.3 is 9.64 Å². The van der Waals surface area contributed by atoms with Crippen LogP contribution in [0.1, 0.15) is 22.3 Å². The molecule has 0 N–H and O–H groups in total. The summed E-state index contributed by atoms with van der Waals surface area (Å²) in [5, 5.41) is 0. The number of hydrogen-bond donors (Lipinski definition) is 0. The van der Waals surface area contributed by atoms with Crippen LogP contribution in [0.5, 0.6) is 0 Å². The van der Waals surface area contributed by atoms with Crippen molar-refractivity contribution in [2.24, 2.45) is 0 Å². The van der Waals surface area contributed by atoms with Crippen molar-refractivity contribution >= 4 is 12.2 Å². The number of aldehydes is 1. The molecule has 1 aromatic carbocycles. The van der Waals surface area contributed by atoms with Crippen LogP contribution in [0.4, 0.5) is 0 Å². The summed E-state index contributed by atoms with van der Waals surface area (Å²) in [4.78, 5) is 24.3. The van der Waals surface area contributed by atoms with Crippen molar-refractivity contribution in [2.75, 3.05) is 6.54 Å². The molecule has 0 radical (unpaired) electrons. The van der Waals surface area contributed by atoms with E-state index in [9.17, 15) is 9.59 Å². The van der Waals surface area contributed by atoms with Crippen LogP contribution >= 0.6 is 0 Å². The second kappa shape index (κ2) is 3.96. The van der Waals surface area contributed by atoms with Gasteiger partial charge in [-0.2, -0.15) is 0 Å². The Morgan fingerprint density at radius 3 is 3.00 bits per heavy atom. The molecule has 1 aromatic rings. The number of rotatable bonds is 3. The number of piperidine rings is 1. The van der Waals surface area contributed by atoms with Gasteiger partial charge in [0.25, 0.3) is 5.91 Å². The fourth-order valence-corrected chi connectivity index (χ4v) is 2.40. The largest absolute Gasteiger partial charge is 0.363 e. The summed E-state index contributed by atoms with van der Waals surface area (Å²) in [5.41, 5.74) is 1.64. The Morgan fingerprint density at radius 1 is 1.47 bits per heavy atom. The summed E-state index contributed by atoms with van der Waals surface area (Å²) in [6.07, 6.45) is 1.68. The van der Waals surface area contributed by atoms with Gasteiger partial charge in [-0.05, 0) is 11.6 Å². The summed E-state index contributed by atoms with van der Waals surface area (Å²) in [6, 6.07) is 7.35. The minimum Gasteiger partial charge on any atom is -0.363 e. The van der Waals surface area contributed by atoms with Gasteiger partial charge in [-0.15, -0.1) is 0 Å². The van der Waals surface area contributed by atoms with Crippen LogP contribution in [0, 0.1) is 0 Å². The quantitative estimate of drug-likeness (QED) is 0.729. The molecule has 3 fully saturated rings. The predicted molar refractivity (Wildman–Crippen MR) is 60.5 cm³/mol. The van der Waals surface area contributed by atoms with Crippen LogP contribution < -0.4 is 0 Å². The van der Waals surface area contributed by atoms with Gasteiger partial charge in [0.2, 0.25) is 0 Å². The maximum absolute atomic E-state index is 11.9. The molecule has 0 aromatic heterocycles. The third-order valence-electron chi connectivity index (χ3n) is 3.31. The average molecular weight is 231 g/mol. The van der Waals surface area contributed by atoms with Crippen molar-refractivity contribution in [3.05, 3.63) is 35.4 Å². The van der Waals surface area contributed by atoms with Gasteiger partial charge >= 0.3 is 0 Å². The first-order valence-corrected chi connectivity index (χ1v) is 5.74. The molecule has 0 spiro atoms. The Balaban J connectivity index is 1.73. The Hall–Kier alpha value is -1.68. The van der Waals surface area contributed by atoms with Crippen LogP contribution in [0.2, 0.25) is 0 Å². The maximum Gasteiger partial charge on any atom is 0.252 e. The number of nitrogens with zero attached hydrogens (tertiary/aromatic N) is 1. The second-order valence-electron chi connectivity index (χ2n) is 4.56. The molecule has 2 atom stereocenters. The van der Waals surface area contributed by atoms with Gasteiger partial charge in [-0.25, -0.2) is 0 Å². The lowest BCUT2D eigenvalue weighted by Crippen LogP contribution is -2.60. The fraction of sp³-hybridized carbons (Fsp3) is 0.385. The summed E-state index contributed by atoms with van der Waals surface area (Å²) in [7, 11) is 0. The number of hydrogen-bond acceptors (Lipinski definition) is 3. The third-order valence-corrected chi connectivity index (χ3v) is 3.31. The van der Waals surface area contributed by atoms with E-state index < -0.39 is 0 Å². The van der Waals surface area contributed by atoms with Gasteiger partial charge in [0.15, 0.2) is 0 Å². The summed E-state index contributed by atoms with van der Waals surface area (Å²) >= 11 is 0. The molecule has 1 amide bonds. The molecule has 3 saturated heterocycles. The highest BCUT2D eigenvalue weighted by atomic mass is 16.5. The van der Waals surface area contributed by atoms with E-state index in [-0.39, 0.29) is 18.1 Å². The van der Waals surface area contributed by atoms with Crippen LogP contribution in [0.3, 0.4) is 0 Å². The van der Waals surface area contributed by atoms with Gasteiger partial charge in [-0.3, -0.25) is 9.59 Å². The zero-order valence-electron chi connectivity index (χ0n) is 9.33. The molecular weight excluding hydrogens is 218 g/mol. The van der Waals surface area contributed by atoms with E-state index in [4.69, 9.17) is 4.74 Å². The van der Waals surface area contributed by atoms with E-state index in [1.54, 1.807) is 6.07 Å². The Labute approximate surface area is 99.2 Å². The number of carbonyl (C=O) groups excluding carboxylic acids is 2. The van der Waals surface area contributed by atoms with Gasteiger partial charge in [0.05, 0.1) is 6.10 Å². The van der Waals surface area contributed by atoms with Crippen LogP contribution in [-0.2, 0) is 16.1 Å². The predicted octanol–water partition coefficient (Wildman–Crippen LogP) is 0.999. The standard InChI is InChI=1S/C13H13NO3/c15-8-10-3-1-2-9(4-10)6-14-7-11-5-12(17-11)13(14)16/h1-4,8,11-12H,5-7H2. The fourth-order valence-electron chi connectivity index (χ4n) is 2.40. The van der Waals surface area contributed by atoms with Crippen molar-refractivity contribution in [1.29, 1.82) is 0 Å². The lowest BCUT2D eigenvalue weighted by atomic mass is 9.97. The van der Waals surface area contributed by atoms with E-state index in [1.165, 1.54) is 0 Å². The summed E-state index contributed by atoms with van der Waals surface area (Å²) in [5.74, 6) is 0.0732. The highest BCUT2D eigenvalue weighted by molar-refractivity contribution is 5.83. The van der Waals surface area contributed by atoms with Gasteiger partial charge in [-0.1, -0.05) is 18.2 Å². The summed E-state index contributed by atoms with van der Waals surface area (Å²) in [6.45, 7) is 1.23. The summed E-state index contributed by atoms with van der Waals surface area (Å²) < 4.78 is 5.35. The minimum absolute atomic E-state index is 0.0732. The van der Waals surface area contributed by atoms with Gasteiger partial charge in [0, 0.05) is 25.1 Å². The molecule has 4 rings (SSSR count). The molecule has 3 aliphatic rings. The zero-order valence-corrected chi connectivity index (χ0v) is 9.33. The topological polar surface area (TPSA) is 46.6 Å². The minimum atomic E-state index is -0.219. The second-order valence-corrected chi connectivity index (χ2v) is 4.56. The molecule has 4 nitrogen and oxygen atoms in total. The molecule has 0 aliphatic carbocycles. The Morgan fingerprint density at radius 2 is 2.29 bits per heavy atom. The normalized spacial score (nSPS) is 26.6. The van der Waals surface area contributed by atoms with Crippen molar-refractivity contribution < 1.29 is 14.3 Å². The van der Waals surface area contributed by atoms with Crippen molar-refractivity contribution in [3.63, 3.8) is 0 Å². The first kappa shape index (κ1) is 10.5. The van der Waals surface area contributed by atoms with Crippen LogP contribution in [-0.4, -0.2) is 35.8 Å². The number of amides is 1. The van der Waals surface area contributed by atoms with Crippen LogP contribution in [0.15, 0.2) is 24.3 Å². The molecule has 2 unspecified atom stereocenters. The molecular formula is C13H13NO3. The van der Waals surface area contributed by atoms with Crippen molar-refractivity contribution in [1.82, 2.24) is 4.90 Å². The number of benzene rings is 1. The van der Waals surface area contributed by atoms with E-state index in [0.29, 0.717) is 18.7 Å². The lowest BCUT2D eigenvalue weighted by molar-refractivity contribution is -0.199. The molecule has 4 heteroatoms. The first-order valence-electron chi connectivity index (χ1n) is 5.74. The van der Waals surface area contributed by atoms with Crippen molar-refractivity contribution in [3.8, 4) is 0 Å². The van der Waals surface area contributed by atoms with Crippen LogP contribution in [0.25, 0.3) is 0 Å². The zero-order chi connectivity index (χ0) is 11.8. The van der Waals surface area contributed by atoms with E-state index >= 15 is 0 Å². The van der Waals surface area contributed by atoms with E-state index in [2.05, 4.69) is 0 Å². The highest BCUT2D eigenvalue weighted by Crippen LogP contribution is 2.29. The SMILES string of the molecule is O=Cc1cccc(CN2CC3CC(O3)C2=O)c1. The average Bonchev–Trinajstić information content (AvgIpc) is 2.30. The number of carbonyl (C=O) groups is 2. The molecule has 3 aliphatic heterocycles. The monoisotopic (exact) mass is 231 g/mol. The third kappa shape index (κ3) is 1.85. The Kier molecular flexibility index (Phi) is 2.44. The molecule has 3 heterocycles. The van der Waals surface area contributed by atoms with Crippen molar-refractivity contribution in [2.45, 2.75) is 25.2 Å². The molecule has 17 heavy (non-hydrogen) atoms. The van der Waals surface area contributed by atoms with E-state index in [1.807, 2.05) is 23.1 Å². The van der Waals surface area contributed by atoms with E-state index in [0.717, 1.165) is 18.3 Å². The first-order chi connectivity index (χ1) is 8.26. The number of fused-ring (bicyclic) bond motifs is 2. The highest BCUT2D eigenvalue weighted by Gasteiger charge is 2.44. The number of morpholine rings is 1. The molecule has 2 bridgehead atoms. The van der Waals surface area contributed by atoms with Gasteiger partial charge in [0.1, 0.15) is 12.4 Å². The Bertz CT molecular complexity index is 465. The molecule has 88 valence electrons. The number of ether oxygens (including phenoxy) is 1. The molecule has 0 saturated carbocycles. The maximum atomic E-state index is 11.9.